The summed E-state index contributed by atoms with van der Waals surface area (Å²) >= 11 is 0. The molecule has 2 heteroatoms. The largest absolute Gasteiger partial charge is 0.328 e. The van der Waals surface area contributed by atoms with Crippen molar-refractivity contribution in [1.29, 1.82) is 0 Å². The van der Waals surface area contributed by atoms with Crippen molar-refractivity contribution in [2.24, 2.45) is 11.7 Å². The monoisotopic (exact) mass is 141 g/mol. The van der Waals surface area contributed by atoms with Gasteiger partial charge in [0.25, 0.3) is 0 Å². The van der Waals surface area contributed by atoms with E-state index in [0.717, 1.165) is 19.3 Å². The third-order valence-corrected chi connectivity index (χ3v) is 2.28. The van der Waals surface area contributed by atoms with Gasteiger partial charge in [0.2, 0.25) is 0 Å². The van der Waals surface area contributed by atoms with E-state index in [-0.39, 0.29) is 0 Å². The Kier molecular flexibility index (Phi) is 2.44. The van der Waals surface area contributed by atoms with E-state index in [4.69, 9.17) is 5.73 Å². The molecule has 2 N–H and O–H groups in total. The molecule has 1 rings (SSSR count). The third kappa shape index (κ3) is 1.57. The van der Waals surface area contributed by atoms with Gasteiger partial charge in [-0.25, -0.2) is 0 Å². The predicted molar refractivity (Wildman–Crippen MR) is 40.6 cm³/mol. The highest BCUT2D eigenvalue weighted by Crippen LogP contribution is 2.25. The second kappa shape index (κ2) is 3.15. The molecule has 1 aliphatic rings. The molecule has 1 aliphatic carbocycles. The van der Waals surface area contributed by atoms with Gasteiger partial charge in [-0.15, -0.1) is 0 Å². The van der Waals surface area contributed by atoms with E-state index in [9.17, 15) is 4.79 Å². The van der Waals surface area contributed by atoms with Gasteiger partial charge < -0.3 is 5.73 Å². The van der Waals surface area contributed by atoms with Crippen molar-refractivity contribution in [2.45, 2.75) is 38.6 Å². The van der Waals surface area contributed by atoms with Crippen LogP contribution in [0.4, 0.5) is 0 Å². The Labute approximate surface area is 61.8 Å². The van der Waals surface area contributed by atoms with E-state index >= 15 is 0 Å². The summed E-state index contributed by atoms with van der Waals surface area (Å²) in [6.45, 7) is 1.92. The van der Waals surface area contributed by atoms with E-state index in [1.165, 1.54) is 0 Å². The minimum absolute atomic E-state index is 0.292. The van der Waals surface area contributed by atoms with Crippen molar-refractivity contribution < 1.29 is 4.79 Å². The topological polar surface area (TPSA) is 43.1 Å². The van der Waals surface area contributed by atoms with Gasteiger partial charge in [-0.05, 0) is 19.3 Å². The number of nitrogens with two attached hydrogens (primary N) is 1. The molecule has 0 unspecified atom stereocenters. The smallest absolute Gasteiger partial charge is 0.135 e. The van der Waals surface area contributed by atoms with Gasteiger partial charge in [-0.2, -0.15) is 0 Å². The van der Waals surface area contributed by atoms with Gasteiger partial charge >= 0.3 is 0 Å². The van der Waals surface area contributed by atoms with Gasteiger partial charge in [0.15, 0.2) is 0 Å². The van der Waals surface area contributed by atoms with Crippen molar-refractivity contribution in [3.05, 3.63) is 0 Å². The SMILES string of the molecule is CCC(=O)[C@H]1CC[C@H](N)C1. The summed E-state index contributed by atoms with van der Waals surface area (Å²) in [5, 5.41) is 0. The van der Waals surface area contributed by atoms with E-state index < -0.39 is 0 Å². The highest BCUT2D eigenvalue weighted by molar-refractivity contribution is 5.80. The first-order valence-electron chi connectivity index (χ1n) is 4.02. The summed E-state index contributed by atoms with van der Waals surface area (Å²) < 4.78 is 0. The van der Waals surface area contributed by atoms with Crippen LogP contribution in [0.1, 0.15) is 32.6 Å². The lowest BCUT2D eigenvalue weighted by atomic mass is 10.0. The first-order valence-corrected chi connectivity index (χ1v) is 4.02. The Hall–Kier alpha value is -0.370. The summed E-state index contributed by atoms with van der Waals surface area (Å²) in [5.41, 5.74) is 5.67. The van der Waals surface area contributed by atoms with Crippen LogP contribution >= 0.6 is 0 Å². The van der Waals surface area contributed by atoms with Gasteiger partial charge in [-0.3, -0.25) is 4.79 Å². The van der Waals surface area contributed by atoms with Gasteiger partial charge in [0.05, 0.1) is 0 Å². The molecule has 10 heavy (non-hydrogen) atoms. The molecule has 1 saturated carbocycles. The molecule has 0 heterocycles. The third-order valence-electron chi connectivity index (χ3n) is 2.28. The molecular weight excluding hydrogens is 126 g/mol. The summed E-state index contributed by atoms with van der Waals surface area (Å²) in [7, 11) is 0. The van der Waals surface area contributed by atoms with Crippen LogP contribution in [0, 0.1) is 5.92 Å². The molecule has 0 radical (unpaired) electrons. The molecule has 58 valence electrons. The molecule has 0 saturated heterocycles. The van der Waals surface area contributed by atoms with Crippen LogP contribution in [0.15, 0.2) is 0 Å². The predicted octanol–water partition coefficient (Wildman–Crippen LogP) is 1.09. The highest BCUT2D eigenvalue weighted by Gasteiger charge is 2.25. The van der Waals surface area contributed by atoms with E-state index in [1.54, 1.807) is 0 Å². The molecule has 0 aromatic rings. The number of carbonyl (C=O) groups excluding carboxylic acids is 1. The zero-order chi connectivity index (χ0) is 7.56. The Morgan fingerprint density at radius 1 is 1.60 bits per heavy atom. The van der Waals surface area contributed by atoms with E-state index in [1.807, 2.05) is 6.92 Å². The zero-order valence-corrected chi connectivity index (χ0v) is 6.47. The molecule has 0 aromatic carbocycles. The van der Waals surface area contributed by atoms with Gasteiger partial charge in [0, 0.05) is 18.4 Å². The van der Waals surface area contributed by atoms with Gasteiger partial charge in [0.1, 0.15) is 5.78 Å². The van der Waals surface area contributed by atoms with Gasteiger partial charge in [-0.1, -0.05) is 6.92 Å². The average Bonchev–Trinajstić information content (AvgIpc) is 2.34. The van der Waals surface area contributed by atoms with Crippen LogP contribution in [0.3, 0.4) is 0 Å². The maximum absolute atomic E-state index is 11.1. The molecule has 0 amide bonds. The summed E-state index contributed by atoms with van der Waals surface area (Å²) in [6.07, 6.45) is 3.66. The minimum Gasteiger partial charge on any atom is -0.328 e. The van der Waals surface area contributed by atoms with Crippen molar-refractivity contribution in [1.82, 2.24) is 0 Å². The molecule has 0 spiro atoms. The molecule has 2 nitrogen and oxygen atoms in total. The molecule has 2 atom stereocenters. The lowest BCUT2D eigenvalue weighted by molar-refractivity contribution is -0.122. The highest BCUT2D eigenvalue weighted by atomic mass is 16.1. The molecule has 0 aromatic heterocycles. The number of hydrogen-bond acceptors (Lipinski definition) is 2. The normalized spacial score (nSPS) is 32.6. The lowest BCUT2D eigenvalue weighted by Gasteiger charge is -2.04. The zero-order valence-electron chi connectivity index (χ0n) is 6.47. The van der Waals surface area contributed by atoms with Crippen LogP contribution in [0.5, 0.6) is 0 Å². The second-order valence-electron chi connectivity index (χ2n) is 3.09. The van der Waals surface area contributed by atoms with Crippen LogP contribution in [0.25, 0.3) is 0 Å². The number of rotatable bonds is 2. The number of carbonyl (C=O) groups is 1. The standard InChI is InChI=1S/C8H15NO/c1-2-8(10)6-3-4-7(9)5-6/h6-7H,2-5,9H2,1H3/t6-,7-/m0/s1. The fourth-order valence-electron chi connectivity index (χ4n) is 1.60. The minimum atomic E-state index is 0.292. The maximum atomic E-state index is 11.1. The maximum Gasteiger partial charge on any atom is 0.135 e. The average molecular weight is 141 g/mol. The first-order chi connectivity index (χ1) is 4.74. The fourth-order valence-corrected chi connectivity index (χ4v) is 1.60. The first kappa shape index (κ1) is 7.73. The molecule has 1 fully saturated rings. The Morgan fingerprint density at radius 3 is 2.70 bits per heavy atom. The van der Waals surface area contributed by atoms with Crippen LogP contribution < -0.4 is 5.73 Å². The number of Topliss-reactive ketones (excluding diaryl/α,β-unsaturated/α-hetero) is 1. The van der Waals surface area contributed by atoms with Crippen molar-refractivity contribution in [3.8, 4) is 0 Å². The molecule has 0 bridgehead atoms. The van der Waals surface area contributed by atoms with Crippen LogP contribution in [-0.2, 0) is 4.79 Å². The van der Waals surface area contributed by atoms with Crippen LogP contribution in [0.2, 0.25) is 0 Å². The summed E-state index contributed by atoms with van der Waals surface area (Å²) in [5.74, 6) is 0.688. The Bertz CT molecular complexity index is 133. The summed E-state index contributed by atoms with van der Waals surface area (Å²) in [6, 6.07) is 0.292. The van der Waals surface area contributed by atoms with E-state index in [2.05, 4.69) is 0 Å². The second-order valence-corrected chi connectivity index (χ2v) is 3.09. The fraction of sp³-hybridized carbons (Fsp3) is 0.875. The lowest BCUT2D eigenvalue weighted by Crippen LogP contribution is -2.17. The van der Waals surface area contributed by atoms with E-state index in [0.29, 0.717) is 24.2 Å². The van der Waals surface area contributed by atoms with Crippen LogP contribution in [-0.4, -0.2) is 11.8 Å². The quantitative estimate of drug-likeness (QED) is 0.625. The van der Waals surface area contributed by atoms with Crippen molar-refractivity contribution >= 4 is 5.78 Å². The van der Waals surface area contributed by atoms with Crippen molar-refractivity contribution in [3.63, 3.8) is 0 Å². The Morgan fingerprint density at radius 2 is 2.30 bits per heavy atom. The molecule has 0 aliphatic heterocycles. The molecular formula is C8H15NO. The number of hydrogen-bond donors (Lipinski definition) is 1. The Balaban J connectivity index is 2.37. The number of ketones is 1. The summed E-state index contributed by atoms with van der Waals surface area (Å²) in [4.78, 5) is 11.1. The van der Waals surface area contributed by atoms with Crippen molar-refractivity contribution in [2.75, 3.05) is 0 Å².